The maximum atomic E-state index is 12.1. The van der Waals surface area contributed by atoms with Crippen molar-refractivity contribution in [3.8, 4) is 5.75 Å². The molecule has 0 aliphatic carbocycles. The van der Waals surface area contributed by atoms with Crippen LogP contribution in [0.1, 0.15) is 37.0 Å². The SMILES string of the molecule is CCCC(=O)Nc1ccc(OCC(=O)Nc2cccc(Br)c2)c(C(C)=O)c1. The van der Waals surface area contributed by atoms with Gasteiger partial charge in [-0.05, 0) is 49.7 Å². The zero-order chi connectivity index (χ0) is 19.8. The number of ether oxygens (including phenoxy) is 1. The Labute approximate surface area is 166 Å². The number of carbonyl (C=O) groups is 3. The van der Waals surface area contributed by atoms with Crippen molar-refractivity contribution >= 4 is 44.9 Å². The number of amides is 2. The van der Waals surface area contributed by atoms with Gasteiger partial charge in [0.2, 0.25) is 5.91 Å². The fraction of sp³-hybridized carbons (Fsp3) is 0.250. The van der Waals surface area contributed by atoms with Gasteiger partial charge in [0.1, 0.15) is 5.75 Å². The van der Waals surface area contributed by atoms with Crippen molar-refractivity contribution in [2.75, 3.05) is 17.2 Å². The molecule has 7 heteroatoms. The number of carbonyl (C=O) groups excluding carboxylic acids is 3. The van der Waals surface area contributed by atoms with E-state index in [1.807, 2.05) is 13.0 Å². The van der Waals surface area contributed by atoms with Gasteiger partial charge in [0.15, 0.2) is 12.4 Å². The third-order valence-corrected chi connectivity index (χ3v) is 4.08. The van der Waals surface area contributed by atoms with Gasteiger partial charge in [-0.2, -0.15) is 0 Å². The number of Topliss-reactive ketones (excluding diaryl/α,β-unsaturated/α-hetero) is 1. The Hall–Kier alpha value is -2.67. The van der Waals surface area contributed by atoms with Gasteiger partial charge in [-0.3, -0.25) is 14.4 Å². The minimum atomic E-state index is -0.345. The molecule has 0 unspecified atom stereocenters. The van der Waals surface area contributed by atoms with Crippen LogP contribution in [0.15, 0.2) is 46.9 Å². The molecule has 6 nitrogen and oxygen atoms in total. The molecule has 0 aliphatic rings. The van der Waals surface area contributed by atoms with Crippen LogP contribution in [0.4, 0.5) is 11.4 Å². The number of benzene rings is 2. The highest BCUT2D eigenvalue weighted by molar-refractivity contribution is 9.10. The summed E-state index contributed by atoms with van der Waals surface area (Å²) in [6.07, 6.45) is 1.14. The van der Waals surface area contributed by atoms with Gasteiger partial charge in [0.25, 0.3) is 5.91 Å². The van der Waals surface area contributed by atoms with Gasteiger partial charge in [0.05, 0.1) is 5.56 Å². The van der Waals surface area contributed by atoms with Gasteiger partial charge in [-0.15, -0.1) is 0 Å². The molecule has 0 spiro atoms. The molecular formula is C20H21BrN2O4. The Morgan fingerprint density at radius 1 is 1.00 bits per heavy atom. The molecule has 2 N–H and O–H groups in total. The summed E-state index contributed by atoms with van der Waals surface area (Å²) < 4.78 is 6.36. The number of nitrogens with one attached hydrogen (secondary N) is 2. The van der Waals surface area contributed by atoms with Crippen molar-refractivity contribution in [2.24, 2.45) is 0 Å². The van der Waals surface area contributed by atoms with Gasteiger partial charge < -0.3 is 15.4 Å². The van der Waals surface area contributed by atoms with E-state index < -0.39 is 0 Å². The predicted molar refractivity (Wildman–Crippen MR) is 108 cm³/mol. The lowest BCUT2D eigenvalue weighted by Crippen LogP contribution is -2.21. The molecule has 142 valence electrons. The second-order valence-electron chi connectivity index (χ2n) is 5.91. The fourth-order valence-corrected chi connectivity index (χ4v) is 2.77. The smallest absolute Gasteiger partial charge is 0.262 e. The van der Waals surface area contributed by atoms with E-state index in [9.17, 15) is 14.4 Å². The first-order chi connectivity index (χ1) is 12.9. The van der Waals surface area contributed by atoms with Crippen LogP contribution in [0.25, 0.3) is 0 Å². The largest absolute Gasteiger partial charge is 0.483 e. The van der Waals surface area contributed by atoms with Crippen LogP contribution in [0.2, 0.25) is 0 Å². The summed E-state index contributed by atoms with van der Waals surface area (Å²) in [5, 5.41) is 5.46. The number of ketones is 1. The Kier molecular flexibility index (Phi) is 7.55. The number of halogens is 1. The summed E-state index contributed by atoms with van der Waals surface area (Å²) >= 11 is 3.34. The Bertz CT molecular complexity index is 852. The molecule has 0 saturated heterocycles. The first-order valence-corrected chi connectivity index (χ1v) is 9.31. The van der Waals surface area contributed by atoms with Crippen molar-refractivity contribution in [2.45, 2.75) is 26.7 Å². The normalized spacial score (nSPS) is 10.2. The Morgan fingerprint density at radius 2 is 1.70 bits per heavy atom. The lowest BCUT2D eigenvalue weighted by atomic mass is 10.1. The highest BCUT2D eigenvalue weighted by Crippen LogP contribution is 2.24. The fourth-order valence-electron chi connectivity index (χ4n) is 2.37. The summed E-state index contributed by atoms with van der Waals surface area (Å²) in [5.41, 5.74) is 1.46. The number of anilines is 2. The molecule has 0 saturated carbocycles. The maximum Gasteiger partial charge on any atom is 0.262 e. The van der Waals surface area contributed by atoms with E-state index in [2.05, 4.69) is 26.6 Å². The number of hydrogen-bond donors (Lipinski definition) is 2. The molecule has 0 fully saturated rings. The molecule has 2 aromatic carbocycles. The number of hydrogen-bond acceptors (Lipinski definition) is 4. The predicted octanol–water partition coefficient (Wildman–Crippen LogP) is 4.41. The van der Waals surface area contributed by atoms with Crippen molar-refractivity contribution < 1.29 is 19.1 Å². The van der Waals surface area contributed by atoms with E-state index >= 15 is 0 Å². The zero-order valence-electron chi connectivity index (χ0n) is 15.2. The van der Waals surface area contributed by atoms with E-state index in [0.29, 0.717) is 29.1 Å². The summed E-state index contributed by atoms with van der Waals surface area (Å²) in [5.74, 6) is -0.388. The molecular weight excluding hydrogens is 412 g/mol. The summed E-state index contributed by atoms with van der Waals surface area (Å²) in [7, 11) is 0. The van der Waals surface area contributed by atoms with Gasteiger partial charge in [-0.1, -0.05) is 28.9 Å². The van der Waals surface area contributed by atoms with E-state index in [1.165, 1.54) is 6.92 Å². The van der Waals surface area contributed by atoms with Gasteiger partial charge in [-0.25, -0.2) is 0 Å². The Balaban J connectivity index is 2.03. The summed E-state index contributed by atoms with van der Waals surface area (Å²) in [6, 6.07) is 12.0. The molecule has 0 aliphatic heterocycles. The second-order valence-corrected chi connectivity index (χ2v) is 6.83. The van der Waals surface area contributed by atoms with Crippen molar-refractivity contribution in [3.63, 3.8) is 0 Å². The highest BCUT2D eigenvalue weighted by Gasteiger charge is 2.13. The van der Waals surface area contributed by atoms with Crippen LogP contribution in [-0.4, -0.2) is 24.2 Å². The molecule has 0 heterocycles. The molecule has 2 rings (SSSR count). The first-order valence-electron chi connectivity index (χ1n) is 8.52. The standard InChI is InChI=1S/C20H21BrN2O4/c1-3-5-19(25)22-16-8-9-18(17(11-16)13(2)24)27-12-20(26)23-15-7-4-6-14(21)10-15/h4,6-11H,3,5,12H2,1-2H3,(H,22,25)(H,23,26). The van der Waals surface area contributed by atoms with Crippen LogP contribution in [0.3, 0.4) is 0 Å². The van der Waals surface area contributed by atoms with Crippen LogP contribution in [0.5, 0.6) is 5.75 Å². The second kappa shape index (κ2) is 9.87. The molecule has 0 atom stereocenters. The van der Waals surface area contributed by atoms with E-state index in [-0.39, 0.29) is 24.2 Å². The van der Waals surface area contributed by atoms with Crippen LogP contribution >= 0.6 is 15.9 Å². The minimum absolute atomic E-state index is 0.117. The molecule has 2 aromatic rings. The van der Waals surface area contributed by atoms with E-state index in [1.54, 1.807) is 36.4 Å². The van der Waals surface area contributed by atoms with Crippen LogP contribution in [0, 0.1) is 0 Å². The minimum Gasteiger partial charge on any atom is -0.483 e. The van der Waals surface area contributed by atoms with Crippen molar-refractivity contribution in [1.29, 1.82) is 0 Å². The molecule has 0 bridgehead atoms. The summed E-state index contributed by atoms with van der Waals surface area (Å²) in [4.78, 5) is 35.7. The molecule has 0 radical (unpaired) electrons. The van der Waals surface area contributed by atoms with Crippen molar-refractivity contribution in [3.05, 3.63) is 52.5 Å². The van der Waals surface area contributed by atoms with Gasteiger partial charge in [0, 0.05) is 22.3 Å². The molecule has 0 aromatic heterocycles. The first kappa shape index (κ1) is 20.6. The average molecular weight is 433 g/mol. The quantitative estimate of drug-likeness (QED) is 0.605. The topological polar surface area (TPSA) is 84.5 Å². The third-order valence-electron chi connectivity index (χ3n) is 3.59. The van der Waals surface area contributed by atoms with E-state index in [0.717, 1.165) is 10.9 Å². The lowest BCUT2D eigenvalue weighted by molar-refractivity contribution is -0.118. The molecule has 27 heavy (non-hydrogen) atoms. The maximum absolute atomic E-state index is 12.1. The van der Waals surface area contributed by atoms with Crippen LogP contribution < -0.4 is 15.4 Å². The third kappa shape index (κ3) is 6.53. The Morgan fingerprint density at radius 3 is 2.37 bits per heavy atom. The van der Waals surface area contributed by atoms with Gasteiger partial charge >= 0.3 is 0 Å². The number of rotatable bonds is 8. The molecule has 2 amide bonds. The van der Waals surface area contributed by atoms with Crippen LogP contribution in [-0.2, 0) is 9.59 Å². The van der Waals surface area contributed by atoms with Crippen molar-refractivity contribution in [1.82, 2.24) is 0 Å². The highest BCUT2D eigenvalue weighted by atomic mass is 79.9. The summed E-state index contributed by atoms with van der Waals surface area (Å²) in [6.45, 7) is 3.08. The monoisotopic (exact) mass is 432 g/mol. The zero-order valence-corrected chi connectivity index (χ0v) is 16.8. The average Bonchev–Trinajstić information content (AvgIpc) is 2.60. The van der Waals surface area contributed by atoms with E-state index in [4.69, 9.17) is 4.74 Å². The lowest BCUT2D eigenvalue weighted by Gasteiger charge is -2.12.